The lowest BCUT2D eigenvalue weighted by atomic mass is 9.82. The molecule has 0 bridgehead atoms. The molecule has 1 aliphatic rings. The first kappa shape index (κ1) is 34.5. The van der Waals surface area contributed by atoms with E-state index in [1.54, 1.807) is 17.0 Å². The van der Waals surface area contributed by atoms with Crippen molar-refractivity contribution in [3.05, 3.63) is 112 Å². The van der Waals surface area contributed by atoms with Gasteiger partial charge in [0.2, 0.25) is 0 Å². The van der Waals surface area contributed by atoms with Gasteiger partial charge < -0.3 is 19.1 Å². The molecule has 0 saturated heterocycles. The third-order valence-electron chi connectivity index (χ3n) is 8.30. The van der Waals surface area contributed by atoms with Gasteiger partial charge in [-0.25, -0.2) is 14.0 Å². The van der Waals surface area contributed by atoms with Crippen molar-refractivity contribution < 1.29 is 28.2 Å². The Morgan fingerprint density at radius 1 is 0.978 bits per heavy atom. The van der Waals surface area contributed by atoms with E-state index in [0.717, 1.165) is 33.4 Å². The zero-order valence-electron chi connectivity index (χ0n) is 28.2. The highest BCUT2D eigenvalue weighted by molar-refractivity contribution is 5.91. The average Bonchev–Trinajstić information content (AvgIpc) is 3.04. The first-order valence-corrected chi connectivity index (χ1v) is 16.1. The molecular formula is C39H46FNO5. The van der Waals surface area contributed by atoms with Crippen molar-refractivity contribution in [2.45, 2.75) is 85.0 Å². The highest BCUT2D eigenvalue weighted by Crippen LogP contribution is 2.42. The largest absolute Gasteiger partial charge is 0.490 e. The fraction of sp³-hybridized carbons (Fsp3) is 0.385. The second kappa shape index (κ2) is 14.8. The summed E-state index contributed by atoms with van der Waals surface area (Å²) in [7, 11) is 1.39. The van der Waals surface area contributed by atoms with E-state index in [2.05, 4.69) is 12.1 Å². The summed E-state index contributed by atoms with van der Waals surface area (Å²) >= 11 is 0. The number of hydrogen-bond donors (Lipinski definition) is 0. The second-order valence-electron chi connectivity index (χ2n) is 12.5. The van der Waals surface area contributed by atoms with E-state index in [4.69, 9.17) is 14.2 Å². The van der Waals surface area contributed by atoms with E-state index < -0.39 is 11.7 Å². The maximum atomic E-state index is 14.7. The molecule has 0 saturated carbocycles. The fourth-order valence-electron chi connectivity index (χ4n) is 6.04. The van der Waals surface area contributed by atoms with Gasteiger partial charge in [0, 0.05) is 29.8 Å². The van der Waals surface area contributed by atoms with Crippen LogP contribution in [0.1, 0.15) is 99.0 Å². The lowest BCUT2D eigenvalue weighted by Crippen LogP contribution is -2.41. The molecule has 244 valence electrons. The summed E-state index contributed by atoms with van der Waals surface area (Å²) in [4.78, 5) is 27.8. The van der Waals surface area contributed by atoms with Crippen LogP contribution >= 0.6 is 0 Å². The quantitative estimate of drug-likeness (QED) is 0.191. The van der Waals surface area contributed by atoms with Gasteiger partial charge in [-0.15, -0.1) is 0 Å². The summed E-state index contributed by atoms with van der Waals surface area (Å²) in [5, 5.41) is 1.28. The van der Waals surface area contributed by atoms with Crippen molar-refractivity contribution in [2.75, 3.05) is 13.7 Å². The Morgan fingerprint density at radius 3 is 2.35 bits per heavy atom. The number of rotatable bonds is 7. The number of para-hydroxylation sites is 1. The Hall–Kier alpha value is -4.39. The van der Waals surface area contributed by atoms with E-state index in [-0.39, 0.29) is 29.9 Å². The predicted octanol–water partition coefficient (Wildman–Crippen LogP) is 9.77. The Kier molecular flexibility index (Phi) is 11.1. The molecule has 5 rings (SSSR count). The first-order chi connectivity index (χ1) is 22.0. The number of halogens is 1. The van der Waals surface area contributed by atoms with Crippen LogP contribution in [0, 0.1) is 12.7 Å². The monoisotopic (exact) mass is 627 g/mol. The summed E-state index contributed by atoms with van der Waals surface area (Å²) in [5.41, 5.74) is 3.62. The van der Waals surface area contributed by atoms with Gasteiger partial charge >= 0.3 is 12.1 Å². The number of carbonyl (C=O) groups is 2. The minimum Gasteiger partial charge on any atom is -0.490 e. The van der Waals surface area contributed by atoms with Gasteiger partial charge in [-0.3, -0.25) is 0 Å². The number of fused-ring (bicyclic) bond motifs is 2. The van der Waals surface area contributed by atoms with Gasteiger partial charge in [0.1, 0.15) is 23.3 Å². The topological polar surface area (TPSA) is 65.1 Å². The van der Waals surface area contributed by atoms with E-state index in [9.17, 15) is 14.0 Å². The molecule has 4 aromatic carbocycles. The van der Waals surface area contributed by atoms with Gasteiger partial charge in [0.05, 0.1) is 18.7 Å². The zero-order chi connectivity index (χ0) is 33.6. The minimum atomic E-state index is -0.686. The van der Waals surface area contributed by atoms with Crippen LogP contribution in [-0.2, 0) is 9.47 Å². The molecule has 1 amide bonds. The Bertz CT molecular complexity index is 1680. The number of benzene rings is 4. The number of nitrogens with zero attached hydrogens (tertiary/aromatic N) is 1. The fourth-order valence-corrected chi connectivity index (χ4v) is 6.04. The molecule has 7 heteroatoms. The number of carbonyl (C=O) groups excluding carboxylic acids is 2. The standard InChI is InChI=1S/C37H40FNO5.C2H6/c1-23-15-16-25(21-31(23)35(40)42-6)32-22-26(43-34-14-10-9-13-30(32)34)19-20-39(36(41)44-37(3,4)5)24(2)27-17-18-33(38)29-12-8-7-11-28(27)29;1-2/h7-18,21,24,26,32H,19-20,22H2,1-6H3;1-2H3. The molecule has 3 unspecified atom stereocenters. The van der Waals surface area contributed by atoms with Crippen LogP contribution in [0.5, 0.6) is 5.75 Å². The van der Waals surface area contributed by atoms with Crippen LogP contribution in [0.2, 0.25) is 0 Å². The van der Waals surface area contributed by atoms with Crippen LogP contribution in [0.3, 0.4) is 0 Å². The molecule has 0 aliphatic carbocycles. The molecule has 0 fully saturated rings. The number of amides is 1. The highest BCUT2D eigenvalue weighted by atomic mass is 19.1. The van der Waals surface area contributed by atoms with Crippen molar-refractivity contribution in [2.24, 2.45) is 0 Å². The first-order valence-electron chi connectivity index (χ1n) is 16.1. The van der Waals surface area contributed by atoms with Crippen LogP contribution < -0.4 is 4.74 Å². The Labute approximate surface area is 272 Å². The molecule has 6 nitrogen and oxygen atoms in total. The summed E-state index contributed by atoms with van der Waals surface area (Å²) < 4.78 is 32.0. The van der Waals surface area contributed by atoms with Crippen LogP contribution in [0.15, 0.2) is 78.9 Å². The highest BCUT2D eigenvalue weighted by Gasteiger charge is 2.33. The van der Waals surface area contributed by atoms with Crippen LogP contribution in [0.25, 0.3) is 10.8 Å². The maximum absolute atomic E-state index is 14.7. The number of ether oxygens (including phenoxy) is 3. The maximum Gasteiger partial charge on any atom is 0.410 e. The van der Waals surface area contributed by atoms with Gasteiger partial charge in [0.15, 0.2) is 0 Å². The normalized spacial score (nSPS) is 16.3. The van der Waals surface area contributed by atoms with Gasteiger partial charge in [-0.2, -0.15) is 0 Å². The lowest BCUT2D eigenvalue weighted by molar-refractivity contribution is 0.0141. The van der Waals surface area contributed by atoms with Crippen LogP contribution in [0.4, 0.5) is 9.18 Å². The second-order valence-corrected chi connectivity index (χ2v) is 12.5. The number of esters is 1. The molecule has 1 heterocycles. The lowest BCUT2D eigenvalue weighted by Gasteiger charge is -2.36. The third-order valence-corrected chi connectivity index (χ3v) is 8.30. The van der Waals surface area contributed by atoms with E-state index in [1.165, 1.54) is 13.2 Å². The van der Waals surface area contributed by atoms with Crippen molar-refractivity contribution in [3.8, 4) is 5.75 Å². The number of hydrogen-bond acceptors (Lipinski definition) is 5. The molecular weight excluding hydrogens is 581 g/mol. The van der Waals surface area contributed by atoms with Crippen molar-refractivity contribution in [1.82, 2.24) is 4.90 Å². The summed E-state index contributed by atoms with van der Waals surface area (Å²) in [6.07, 6.45) is 0.562. The van der Waals surface area contributed by atoms with Gasteiger partial charge in [-0.1, -0.05) is 74.5 Å². The summed E-state index contributed by atoms with van der Waals surface area (Å²) in [5.74, 6) is 0.112. The molecule has 0 N–H and O–H groups in total. The molecule has 46 heavy (non-hydrogen) atoms. The third kappa shape index (κ3) is 7.69. The number of aryl methyl sites for hydroxylation is 1. The number of methoxy groups -OCH3 is 1. The van der Waals surface area contributed by atoms with Crippen LogP contribution in [-0.4, -0.2) is 42.3 Å². The molecule has 4 aromatic rings. The van der Waals surface area contributed by atoms with E-state index >= 15 is 0 Å². The van der Waals surface area contributed by atoms with E-state index in [0.29, 0.717) is 30.3 Å². The van der Waals surface area contributed by atoms with E-state index in [1.807, 2.05) is 97.0 Å². The van der Waals surface area contributed by atoms with Crippen molar-refractivity contribution >= 4 is 22.8 Å². The minimum absolute atomic E-state index is 0.0117. The Morgan fingerprint density at radius 2 is 1.65 bits per heavy atom. The van der Waals surface area contributed by atoms with Crippen molar-refractivity contribution in [1.29, 1.82) is 0 Å². The SMILES string of the molecule is CC.COC(=O)c1cc(C2CC(CCN(C(=O)OC(C)(C)C)C(C)c3ccc(F)c4ccccc34)Oc3ccccc32)ccc1C. The van der Waals surface area contributed by atoms with Gasteiger partial charge in [0.25, 0.3) is 0 Å². The predicted molar refractivity (Wildman–Crippen MR) is 181 cm³/mol. The smallest absolute Gasteiger partial charge is 0.410 e. The Balaban J connectivity index is 0.00000235. The van der Waals surface area contributed by atoms with Gasteiger partial charge in [-0.05, 0) is 81.3 Å². The molecule has 0 aromatic heterocycles. The zero-order valence-corrected chi connectivity index (χ0v) is 28.2. The molecule has 1 aliphatic heterocycles. The molecule has 3 atom stereocenters. The summed E-state index contributed by atoms with van der Waals surface area (Å²) in [6.45, 7) is 13.7. The van der Waals surface area contributed by atoms with Crippen molar-refractivity contribution in [3.63, 3.8) is 0 Å². The summed E-state index contributed by atoms with van der Waals surface area (Å²) in [6, 6.07) is 24.0. The molecule has 0 spiro atoms. The average molecular weight is 628 g/mol. The molecule has 0 radical (unpaired) electrons.